The Bertz CT molecular complexity index is 317. The maximum Gasteiger partial charge on any atom is 0.225 e. The summed E-state index contributed by atoms with van der Waals surface area (Å²) in [6.45, 7) is 0.801. The van der Waals surface area contributed by atoms with Crippen LogP contribution in [0, 0.1) is 0 Å². The highest BCUT2D eigenvalue weighted by atomic mass is 79.9. The highest BCUT2D eigenvalue weighted by Gasteiger charge is 2.10. The van der Waals surface area contributed by atoms with Crippen molar-refractivity contribution < 1.29 is 0 Å². The molecule has 1 heterocycles. The minimum absolute atomic E-state index is 0.161. The molecular weight excluding hydrogens is 369 g/mol. The second kappa shape index (κ2) is 6.23. The molecule has 1 aromatic rings. The van der Waals surface area contributed by atoms with E-state index in [-0.39, 0.29) is 5.28 Å². The molecule has 0 fully saturated rings. The van der Waals surface area contributed by atoms with Gasteiger partial charge in [0.1, 0.15) is 11.0 Å². The third kappa shape index (κ3) is 4.43. The molecule has 0 aliphatic rings. The molecule has 1 atom stereocenters. The number of anilines is 1. The van der Waals surface area contributed by atoms with Crippen LogP contribution in [0.1, 0.15) is 0 Å². The van der Waals surface area contributed by atoms with Gasteiger partial charge in [0.05, 0.1) is 0 Å². The Morgan fingerprint density at radius 2 is 2.13 bits per heavy atom. The summed E-state index contributed by atoms with van der Waals surface area (Å²) in [5.74, 6) is 0.713. The quantitative estimate of drug-likeness (QED) is 0.457. The van der Waals surface area contributed by atoms with Crippen molar-refractivity contribution in [3.63, 3.8) is 0 Å². The molecule has 0 bridgehead atoms. The van der Waals surface area contributed by atoms with Crippen LogP contribution in [0.4, 0.5) is 5.82 Å². The van der Waals surface area contributed by atoms with Gasteiger partial charge in [-0.3, -0.25) is 0 Å². The number of alkyl halides is 2. The summed E-state index contributed by atoms with van der Waals surface area (Å²) in [5.41, 5.74) is 0. The van der Waals surface area contributed by atoms with Gasteiger partial charge in [-0.05, 0) is 11.6 Å². The predicted molar refractivity (Wildman–Crippen MR) is 71.8 cm³/mol. The molecule has 0 aliphatic carbocycles. The Balaban J connectivity index is 2.77. The maximum absolute atomic E-state index is 5.78. The monoisotopic (exact) mass is 375 g/mol. The molecule has 0 N–H and O–H groups in total. The van der Waals surface area contributed by atoms with Crippen molar-refractivity contribution in [1.29, 1.82) is 0 Å². The molecule has 1 unspecified atom stereocenters. The number of halogens is 4. The Morgan fingerprint density at radius 1 is 1.47 bits per heavy atom. The number of hydrogen-bond acceptors (Lipinski definition) is 3. The van der Waals surface area contributed by atoms with Crippen LogP contribution in [0.3, 0.4) is 0 Å². The van der Waals surface area contributed by atoms with Crippen LogP contribution in [0.5, 0.6) is 0 Å². The summed E-state index contributed by atoms with van der Waals surface area (Å²) in [7, 11) is 1.92. The molecular formula is C8H9Br2Cl2N3. The lowest BCUT2D eigenvalue weighted by Crippen LogP contribution is -2.27. The van der Waals surface area contributed by atoms with Gasteiger partial charge in [-0.25, -0.2) is 9.97 Å². The van der Waals surface area contributed by atoms with E-state index in [2.05, 4.69) is 41.8 Å². The average Bonchev–Trinajstić information content (AvgIpc) is 2.16. The van der Waals surface area contributed by atoms with E-state index in [9.17, 15) is 0 Å². The van der Waals surface area contributed by atoms with Crippen LogP contribution in [0.25, 0.3) is 0 Å². The smallest absolute Gasteiger partial charge is 0.225 e. The number of rotatable bonds is 4. The Labute approximate surface area is 115 Å². The summed E-state index contributed by atoms with van der Waals surface area (Å²) in [6, 6.07) is 1.68. The molecule has 0 spiro atoms. The molecule has 0 amide bonds. The summed E-state index contributed by atoms with van der Waals surface area (Å²) in [5, 5.41) is 1.38. The van der Waals surface area contributed by atoms with Crippen molar-refractivity contribution in [1.82, 2.24) is 9.97 Å². The zero-order valence-electron chi connectivity index (χ0n) is 7.92. The number of nitrogens with zero attached hydrogens (tertiary/aromatic N) is 3. The number of aromatic nitrogens is 2. The van der Waals surface area contributed by atoms with Crippen molar-refractivity contribution in [2.75, 3.05) is 23.8 Å². The lowest BCUT2D eigenvalue weighted by Gasteiger charge is -2.20. The third-order valence-electron chi connectivity index (χ3n) is 1.68. The van der Waals surface area contributed by atoms with E-state index < -0.39 is 0 Å². The van der Waals surface area contributed by atoms with Gasteiger partial charge in [0.25, 0.3) is 0 Å². The van der Waals surface area contributed by atoms with Gasteiger partial charge in [-0.15, -0.1) is 0 Å². The Hall–Kier alpha value is 0.420. The first-order valence-electron chi connectivity index (χ1n) is 4.14. The molecule has 15 heavy (non-hydrogen) atoms. The largest absolute Gasteiger partial charge is 0.358 e. The molecule has 0 saturated heterocycles. The molecule has 3 nitrogen and oxygen atoms in total. The van der Waals surface area contributed by atoms with E-state index in [1.54, 1.807) is 6.07 Å². The van der Waals surface area contributed by atoms with E-state index in [1.807, 2.05) is 11.9 Å². The molecule has 84 valence electrons. The lowest BCUT2D eigenvalue weighted by atomic mass is 10.4. The van der Waals surface area contributed by atoms with Crippen molar-refractivity contribution in [2.24, 2.45) is 0 Å². The predicted octanol–water partition coefficient (Wildman–Crippen LogP) is 3.38. The van der Waals surface area contributed by atoms with E-state index in [0.717, 1.165) is 11.9 Å². The van der Waals surface area contributed by atoms with Crippen molar-refractivity contribution in [2.45, 2.75) is 4.83 Å². The average molecular weight is 378 g/mol. The second-order valence-corrected chi connectivity index (χ2v) is 5.62. The van der Waals surface area contributed by atoms with Gasteiger partial charge >= 0.3 is 0 Å². The summed E-state index contributed by atoms with van der Waals surface area (Å²) >= 11 is 18.4. The fraction of sp³-hybridized carbons (Fsp3) is 0.500. The van der Waals surface area contributed by atoms with Crippen molar-refractivity contribution in [3.8, 4) is 0 Å². The van der Waals surface area contributed by atoms with Gasteiger partial charge in [-0.2, -0.15) is 0 Å². The van der Waals surface area contributed by atoms with E-state index in [4.69, 9.17) is 23.2 Å². The SMILES string of the molecule is CN(CC(Br)CBr)c1cc(Cl)nc(Cl)n1. The van der Waals surface area contributed by atoms with Crippen LogP contribution in [0.15, 0.2) is 6.07 Å². The van der Waals surface area contributed by atoms with Crippen LogP contribution >= 0.6 is 55.1 Å². The normalized spacial score (nSPS) is 12.6. The minimum atomic E-state index is 0.161. The summed E-state index contributed by atoms with van der Waals surface area (Å²) in [6.07, 6.45) is 0. The molecule has 0 aromatic carbocycles. The van der Waals surface area contributed by atoms with Crippen LogP contribution in [0.2, 0.25) is 10.4 Å². The fourth-order valence-corrected chi connectivity index (χ4v) is 2.05. The molecule has 0 radical (unpaired) electrons. The van der Waals surface area contributed by atoms with Gasteiger partial charge in [0.15, 0.2) is 0 Å². The third-order valence-corrected chi connectivity index (χ3v) is 4.31. The van der Waals surface area contributed by atoms with Gasteiger partial charge in [0.2, 0.25) is 5.28 Å². The van der Waals surface area contributed by atoms with Gasteiger partial charge < -0.3 is 4.90 Å². The van der Waals surface area contributed by atoms with Crippen molar-refractivity contribution >= 4 is 60.9 Å². The zero-order valence-corrected chi connectivity index (χ0v) is 12.6. The second-order valence-electron chi connectivity index (χ2n) is 2.95. The van der Waals surface area contributed by atoms with Crippen LogP contribution in [-0.2, 0) is 0 Å². The first kappa shape index (κ1) is 13.5. The molecule has 0 saturated carbocycles. The topological polar surface area (TPSA) is 29.0 Å². The fourth-order valence-electron chi connectivity index (χ4n) is 1.01. The summed E-state index contributed by atoms with van der Waals surface area (Å²) in [4.78, 5) is 10.2. The highest BCUT2D eigenvalue weighted by Crippen LogP contribution is 2.18. The summed E-state index contributed by atoms with van der Waals surface area (Å²) < 4.78 is 0. The van der Waals surface area contributed by atoms with Gasteiger partial charge in [0, 0.05) is 29.8 Å². The zero-order chi connectivity index (χ0) is 11.4. The molecule has 1 aromatic heterocycles. The van der Waals surface area contributed by atoms with Crippen LogP contribution < -0.4 is 4.90 Å². The minimum Gasteiger partial charge on any atom is -0.358 e. The van der Waals surface area contributed by atoms with Crippen LogP contribution in [-0.4, -0.2) is 33.7 Å². The standard InChI is InChI=1S/C8H9Br2Cl2N3/c1-15(4-5(10)3-9)7-2-6(11)13-8(12)14-7/h2,5H,3-4H2,1H3. The first-order chi connectivity index (χ1) is 7.02. The Kier molecular flexibility index (Phi) is 5.60. The first-order valence-corrected chi connectivity index (χ1v) is 6.93. The Morgan fingerprint density at radius 3 is 2.67 bits per heavy atom. The van der Waals surface area contributed by atoms with E-state index in [1.165, 1.54) is 0 Å². The van der Waals surface area contributed by atoms with Gasteiger partial charge in [-0.1, -0.05) is 43.5 Å². The van der Waals surface area contributed by atoms with E-state index in [0.29, 0.717) is 15.8 Å². The maximum atomic E-state index is 5.78. The highest BCUT2D eigenvalue weighted by molar-refractivity contribution is 9.12. The van der Waals surface area contributed by atoms with E-state index >= 15 is 0 Å². The molecule has 7 heteroatoms. The van der Waals surface area contributed by atoms with Crippen molar-refractivity contribution in [3.05, 3.63) is 16.5 Å². The lowest BCUT2D eigenvalue weighted by molar-refractivity contribution is 0.865. The molecule has 0 aliphatic heterocycles. The molecule has 1 rings (SSSR count). The number of hydrogen-bond donors (Lipinski definition) is 0.